The quantitative estimate of drug-likeness (QED) is 0.882. The summed E-state index contributed by atoms with van der Waals surface area (Å²) in [6, 6.07) is 12.6. The number of hydrogen-bond donors (Lipinski definition) is 2. The molecule has 5 nitrogen and oxygen atoms in total. The molecule has 0 aliphatic heterocycles. The third-order valence-electron chi connectivity index (χ3n) is 3.24. The van der Waals surface area contributed by atoms with Gasteiger partial charge in [0, 0.05) is 17.0 Å². The number of hydrogen-bond acceptors (Lipinski definition) is 3. The van der Waals surface area contributed by atoms with Crippen LogP contribution in [0.25, 0.3) is 0 Å². The van der Waals surface area contributed by atoms with Crippen LogP contribution >= 0.6 is 11.6 Å². The van der Waals surface area contributed by atoms with Gasteiger partial charge in [0.15, 0.2) is 9.84 Å². The maximum absolute atomic E-state index is 12.0. The van der Waals surface area contributed by atoms with Crippen molar-refractivity contribution >= 4 is 33.2 Å². The fraction of sp³-hybridized carbons (Fsp3) is 0.188. The number of benzene rings is 2. The Bertz CT molecular complexity index is 804. The lowest BCUT2D eigenvalue weighted by atomic mass is 10.1. The Hall–Kier alpha value is -2.05. The van der Waals surface area contributed by atoms with Gasteiger partial charge in [-0.15, -0.1) is 0 Å². The van der Waals surface area contributed by atoms with Crippen molar-refractivity contribution in [2.75, 3.05) is 11.6 Å². The number of amides is 2. The molecule has 2 N–H and O–H groups in total. The van der Waals surface area contributed by atoms with Crippen molar-refractivity contribution in [2.24, 2.45) is 0 Å². The zero-order valence-electron chi connectivity index (χ0n) is 12.7. The molecule has 2 rings (SSSR count). The van der Waals surface area contributed by atoms with Gasteiger partial charge >= 0.3 is 6.03 Å². The van der Waals surface area contributed by atoms with Crippen molar-refractivity contribution in [1.29, 1.82) is 0 Å². The van der Waals surface area contributed by atoms with Crippen LogP contribution in [0.5, 0.6) is 0 Å². The summed E-state index contributed by atoms with van der Waals surface area (Å²) in [6.45, 7) is 1.81. The minimum atomic E-state index is -3.23. The van der Waals surface area contributed by atoms with Crippen LogP contribution in [0, 0.1) is 0 Å². The molecule has 2 aromatic carbocycles. The van der Waals surface area contributed by atoms with Gasteiger partial charge in [0.05, 0.1) is 10.9 Å². The minimum absolute atomic E-state index is 0.247. The maximum Gasteiger partial charge on any atom is 0.319 e. The number of rotatable bonds is 4. The normalized spacial score (nSPS) is 12.5. The van der Waals surface area contributed by atoms with E-state index in [1.54, 1.807) is 36.4 Å². The van der Waals surface area contributed by atoms with Crippen LogP contribution in [0.3, 0.4) is 0 Å². The number of anilines is 1. The van der Waals surface area contributed by atoms with E-state index < -0.39 is 9.84 Å². The summed E-state index contributed by atoms with van der Waals surface area (Å²) in [5.41, 5.74) is 1.40. The number of nitrogens with one attached hydrogen (secondary N) is 2. The fourth-order valence-electron chi connectivity index (χ4n) is 2.02. The second kappa shape index (κ2) is 7.02. The molecule has 0 unspecified atom stereocenters. The van der Waals surface area contributed by atoms with Crippen molar-refractivity contribution in [2.45, 2.75) is 17.9 Å². The van der Waals surface area contributed by atoms with Gasteiger partial charge < -0.3 is 10.6 Å². The fourth-order valence-corrected chi connectivity index (χ4v) is 2.84. The van der Waals surface area contributed by atoms with Crippen LogP contribution in [-0.2, 0) is 9.84 Å². The van der Waals surface area contributed by atoms with Crippen LogP contribution in [0.2, 0.25) is 5.02 Å². The summed E-state index contributed by atoms with van der Waals surface area (Å²) >= 11 is 5.86. The summed E-state index contributed by atoms with van der Waals surface area (Å²) in [4.78, 5) is 12.2. The SMILES string of the molecule is C[C@H](NC(=O)Nc1cccc(Cl)c1)c1ccc(S(C)(=O)=O)cc1. The summed E-state index contributed by atoms with van der Waals surface area (Å²) in [7, 11) is -3.23. The molecule has 0 aromatic heterocycles. The first-order valence-electron chi connectivity index (χ1n) is 6.89. The molecule has 2 aromatic rings. The van der Waals surface area contributed by atoms with Crippen molar-refractivity contribution in [3.8, 4) is 0 Å². The maximum atomic E-state index is 12.0. The van der Waals surface area contributed by atoms with Crippen LogP contribution in [0.15, 0.2) is 53.4 Å². The topological polar surface area (TPSA) is 75.3 Å². The second-order valence-electron chi connectivity index (χ2n) is 5.17. The summed E-state index contributed by atoms with van der Waals surface area (Å²) < 4.78 is 22.9. The highest BCUT2D eigenvalue weighted by atomic mass is 35.5. The molecule has 0 fully saturated rings. The molecule has 0 spiro atoms. The van der Waals surface area contributed by atoms with Crippen LogP contribution in [0.1, 0.15) is 18.5 Å². The Morgan fingerprint density at radius 1 is 1.13 bits per heavy atom. The van der Waals surface area contributed by atoms with Crippen molar-refractivity contribution in [1.82, 2.24) is 5.32 Å². The lowest BCUT2D eigenvalue weighted by molar-refractivity contribution is 0.249. The second-order valence-corrected chi connectivity index (χ2v) is 7.62. The summed E-state index contributed by atoms with van der Waals surface area (Å²) in [5, 5.41) is 6.00. The molecular weight excluding hydrogens is 336 g/mol. The van der Waals surface area contributed by atoms with E-state index in [2.05, 4.69) is 10.6 Å². The Kier molecular flexibility index (Phi) is 5.28. The van der Waals surface area contributed by atoms with E-state index in [-0.39, 0.29) is 17.0 Å². The molecule has 0 radical (unpaired) electrons. The molecule has 0 aliphatic rings. The van der Waals surface area contributed by atoms with Gasteiger partial charge in [-0.3, -0.25) is 0 Å². The lowest BCUT2D eigenvalue weighted by Gasteiger charge is -2.15. The van der Waals surface area contributed by atoms with Crippen LogP contribution in [-0.4, -0.2) is 20.7 Å². The minimum Gasteiger partial charge on any atom is -0.331 e. The largest absolute Gasteiger partial charge is 0.331 e. The monoisotopic (exact) mass is 352 g/mol. The first kappa shape index (κ1) is 17.3. The van der Waals surface area contributed by atoms with E-state index in [0.717, 1.165) is 11.8 Å². The van der Waals surface area contributed by atoms with E-state index >= 15 is 0 Å². The molecule has 0 aliphatic carbocycles. The smallest absolute Gasteiger partial charge is 0.319 e. The van der Waals surface area contributed by atoms with Crippen LogP contribution < -0.4 is 10.6 Å². The highest BCUT2D eigenvalue weighted by Gasteiger charge is 2.12. The Labute approximate surface area is 140 Å². The molecule has 23 heavy (non-hydrogen) atoms. The van der Waals surface area contributed by atoms with Gasteiger partial charge in [-0.05, 0) is 42.8 Å². The molecule has 0 bridgehead atoms. The summed E-state index contributed by atoms with van der Waals surface area (Å²) in [6.07, 6.45) is 1.15. The first-order valence-corrected chi connectivity index (χ1v) is 9.16. The predicted molar refractivity (Wildman–Crippen MR) is 91.6 cm³/mol. The zero-order chi connectivity index (χ0) is 17.0. The standard InChI is InChI=1S/C16H17ClN2O3S/c1-11(12-6-8-15(9-7-12)23(2,21)22)18-16(20)19-14-5-3-4-13(17)10-14/h3-11H,1-2H3,(H2,18,19,20)/t11-/m0/s1. The van der Waals surface area contributed by atoms with Gasteiger partial charge in [-0.2, -0.15) is 0 Å². The molecule has 0 saturated carbocycles. The molecule has 122 valence electrons. The lowest BCUT2D eigenvalue weighted by Crippen LogP contribution is -2.31. The Morgan fingerprint density at radius 3 is 2.35 bits per heavy atom. The third-order valence-corrected chi connectivity index (χ3v) is 4.60. The van der Waals surface area contributed by atoms with E-state index in [1.165, 1.54) is 12.1 Å². The van der Waals surface area contributed by atoms with Gasteiger partial charge in [-0.1, -0.05) is 29.8 Å². The summed E-state index contributed by atoms with van der Waals surface area (Å²) in [5.74, 6) is 0. The highest BCUT2D eigenvalue weighted by molar-refractivity contribution is 7.90. The molecule has 0 saturated heterocycles. The number of carbonyl (C=O) groups excluding carboxylic acids is 1. The van der Waals surface area contributed by atoms with Crippen molar-refractivity contribution < 1.29 is 13.2 Å². The zero-order valence-corrected chi connectivity index (χ0v) is 14.3. The number of halogens is 1. The number of urea groups is 1. The van der Waals surface area contributed by atoms with E-state index in [0.29, 0.717) is 10.7 Å². The molecule has 0 heterocycles. The Morgan fingerprint density at radius 2 is 1.78 bits per heavy atom. The van der Waals surface area contributed by atoms with Crippen LogP contribution in [0.4, 0.5) is 10.5 Å². The van der Waals surface area contributed by atoms with E-state index in [9.17, 15) is 13.2 Å². The van der Waals surface area contributed by atoms with Gasteiger partial charge in [0.2, 0.25) is 0 Å². The molecule has 7 heteroatoms. The van der Waals surface area contributed by atoms with E-state index in [4.69, 9.17) is 11.6 Å². The average Bonchev–Trinajstić information content (AvgIpc) is 2.46. The molecule has 1 atom stereocenters. The van der Waals surface area contributed by atoms with Gasteiger partial charge in [0.25, 0.3) is 0 Å². The predicted octanol–water partition coefficient (Wildman–Crippen LogP) is 3.63. The highest BCUT2D eigenvalue weighted by Crippen LogP contribution is 2.17. The number of sulfone groups is 1. The first-order chi connectivity index (χ1) is 10.8. The average molecular weight is 353 g/mol. The third kappa shape index (κ3) is 4.97. The Balaban J connectivity index is 2.01. The van der Waals surface area contributed by atoms with Crippen molar-refractivity contribution in [3.63, 3.8) is 0 Å². The van der Waals surface area contributed by atoms with E-state index in [1.807, 2.05) is 6.92 Å². The van der Waals surface area contributed by atoms with Crippen molar-refractivity contribution in [3.05, 3.63) is 59.1 Å². The number of carbonyl (C=O) groups is 1. The van der Waals surface area contributed by atoms with Gasteiger partial charge in [-0.25, -0.2) is 13.2 Å². The van der Waals surface area contributed by atoms with Gasteiger partial charge in [0.1, 0.15) is 0 Å². The molecule has 2 amide bonds. The molecular formula is C16H17ClN2O3S.